The first-order valence-corrected chi connectivity index (χ1v) is 6.95. The number of aromatic hydroxyl groups is 4. The van der Waals surface area contributed by atoms with E-state index < -0.39 is 23.0 Å². The topological polar surface area (TPSA) is 124 Å². The highest BCUT2D eigenvalue weighted by molar-refractivity contribution is 5.98. The molecule has 4 N–H and O–H groups in total. The molecule has 7 nitrogen and oxygen atoms in total. The molecule has 0 atom stereocenters. The lowest BCUT2D eigenvalue weighted by molar-refractivity contribution is 0.0467. The third kappa shape index (κ3) is 3.10. The molecule has 0 aromatic heterocycles. The molecule has 0 heterocycles. The maximum atomic E-state index is 12.2. The monoisotopic (exact) mass is 332 g/mol. The normalized spacial score (nSPS) is 10.4. The fraction of sp³-hybridized carbons (Fsp3) is 0.176. The average molecular weight is 332 g/mol. The van der Waals surface area contributed by atoms with E-state index in [0.717, 1.165) is 0 Å². The number of phenols is 4. The van der Waals surface area contributed by atoms with Crippen LogP contribution < -0.4 is 0 Å². The molecule has 2 aromatic rings. The van der Waals surface area contributed by atoms with E-state index in [1.165, 1.54) is 32.0 Å². The standard InChI is InChI=1S/C17H16O7/c1-8-3-14(21)11(6-18)16(22)15(8)17(23)24-7-10-4-12(19)9(2)13(20)5-10/h3-6,19-22H,7H2,1-2H3. The van der Waals surface area contributed by atoms with Crippen molar-refractivity contribution in [3.8, 4) is 23.0 Å². The van der Waals surface area contributed by atoms with E-state index in [1.54, 1.807) is 0 Å². The lowest BCUT2D eigenvalue weighted by atomic mass is 10.0. The Balaban J connectivity index is 2.27. The van der Waals surface area contributed by atoms with E-state index in [0.29, 0.717) is 11.1 Å². The molecule has 0 aliphatic carbocycles. The second-order valence-electron chi connectivity index (χ2n) is 5.30. The van der Waals surface area contributed by atoms with Gasteiger partial charge in [-0.15, -0.1) is 0 Å². The summed E-state index contributed by atoms with van der Waals surface area (Å²) in [5.41, 5.74) is 0.229. The summed E-state index contributed by atoms with van der Waals surface area (Å²) < 4.78 is 5.05. The van der Waals surface area contributed by atoms with Gasteiger partial charge in [0.2, 0.25) is 0 Å². The van der Waals surface area contributed by atoms with Crippen molar-refractivity contribution in [3.05, 3.63) is 46.0 Å². The molecule has 24 heavy (non-hydrogen) atoms. The van der Waals surface area contributed by atoms with Crippen LogP contribution in [0, 0.1) is 13.8 Å². The average Bonchev–Trinajstić information content (AvgIpc) is 2.50. The van der Waals surface area contributed by atoms with Crippen LogP contribution in [-0.2, 0) is 11.3 Å². The number of hydrogen-bond donors (Lipinski definition) is 4. The van der Waals surface area contributed by atoms with Gasteiger partial charge >= 0.3 is 5.97 Å². The van der Waals surface area contributed by atoms with Crippen LogP contribution in [0.25, 0.3) is 0 Å². The van der Waals surface area contributed by atoms with Gasteiger partial charge in [0.1, 0.15) is 35.2 Å². The number of rotatable bonds is 4. The number of hydrogen-bond acceptors (Lipinski definition) is 7. The first-order chi connectivity index (χ1) is 11.3. The zero-order valence-electron chi connectivity index (χ0n) is 13.0. The van der Waals surface area contributed by atoms with Crippen molar-refractivity contribution in [1.29, 1.82) is 0 Å². The van der Waals surface area contributed by atoms with Crippen LogP contribution in [-0.4, -0.2) is 32.7 Å². The number of esters is 1. The Bertz CT molecular complexity index is 801. The van der Waals surface area contributed by atoms with E-state index in [-0.39, 0.29) is 35.5 Å². The smallest absolute Gasteiger partial charge is 0.342 e. The minimum absolute atomic E-state index is 0.145. The minimum Gasteiger partial charge on any atom is -0.508 e. The summed E-state index contributed by atoms with van der Waals surface area (Å²) in [6, 6.07) is 3.84. The van der Waals surface area contributed by atoms with Gasteiger partial charge in [-0.1, -0.05) is 0 Å². The van der Waals surface area contributed by atoms with Crippen LogP contribution in [0.15, 0.2) is 18.2 Å². The van der Waals surface area contributed by atoms with Gasteiger partial charge in [0.15, 0.2) is 6.29 Å². The van der Waals surface area contributed by atoms with Crippen molar-refractivity contribution in [3.63, 3.8) is 0 Å². The van der Waals surface area contributed by atoms with Crippen molar-refractivity contribution >= 4 is 12.3 Å². The Morgan fingerprint density at radius 2 is 1.62 bits per heavy atom. The zero-order chi connectivity index (χ0) is 18.0. The van der Waals surface area contributed by atoms with Gasteiger partial charge in [0.25, 0.3) is 0 Å². The molecule has 126 valence electrons. The van der Waals surface area contributed by atoms with E-state index in [1.807, 2.05) is 0 Å². The minimum atomic E-state index is -0.910. The number of benzene rings is 2. The Kier molecular flexibility index (Phi) is 4.64. The fourth-order valence-corrected chi connectivity index (χ4v) is 2.22. The van der Waals surface area contributed by atoms with Gasteiger partial charge in [0, 0.05) is 5.56 Å². The molecule has 2 rings (SSSR count). The summed E-state index contributed by atoms with van der Waals surface area (Å²) in [5.74, 6) is -2.31. The number of carbonyl (C=O) groups excluding carboxylic acids is 2. The molecule has 0 aliphatic rings. The maximum absolute atomic E-state index is 12.2. The Labute approximate surface area is 137 Å². The van der Waals surface area contributed by atoms with Crippen LogP contribution in [0.3, 0.4) is 0 Å². The highest BCUT2D eigenvalue weighted by Crippen LogP contribution is 2.33. The summed E-state index contributed by atoms with van der Waals surface area (Å²) in [5, 5.41) is 38.8. The highest BCUT2D eigenvalue weighted by atomic mass is 16.5. The molecular weight excluding hydrogens is 316 g/mol. The fourth-order valence-electron chi connectivity index (χ4n) is 2.22. The van der Waals surface area contributed by atoms with Crippen molar-refractivity contribution in [2.75, 3.05) is 0 Å². The summed E-state index contributed by atoms with van der Waals surface area (Å²) in [6.07, 6.45) is 0.233. The summed E-state index contributed by atoms with van der Waals surface area (Å²) >= 11 is 0. The molecule has 0 aliphatic heterocycles. The van der Waals surface area contributed by atoms with Crippen molar-refractivity contribution in [2.45, 2.75) is 20.5 Å². The lowest BCUT2D eigenvalue weighted by Gasteiger charge is -2.12. The van der Waals surface area contributed by atoms with E-state index in [2.05, 4.69) is 0 Å². The summed E-state index contributed by atoms with van der Waals surface area (Å²) in [7, 11) is 0. The SMILES string of the molecule is Cc1cc(O)c(C=O)c(O)c1C(=O)OCc1cc(O)c(C)c(O)c1. The molecule has 0 bridgehead atoms. The second-order valence-corrected chi connectivity index (χ2v) is 5.30. The highest BCUT2D eigenvalue weighted by Gasteiger charge is 2.22. The van der Waals surface area contributed by atoms with Crippen molar-refractivity contribution in [2.24, 2.45) is 0 Å². The van der Waals surface area contributed by atoms with Gasteiger partial charge in [-0.25, -0.2) is 4.79 Å². The predicted octanol–water partition coefficient (Wildman–Crippen LogP) is 2.30. The third-order valence-corrected chi connectivity index (χ3v) is 3.62. The number of aryl methyl sites for hydroxylation is 1. The van der Waals surface area contributed by atoms with Gasteiger partial charge < -0.3 is 25.2 Å². The molecule has 0 amide bonds. The Morgan fingerprint density at radius 3 is 2.17 bits per heavy atom. The molecular formula is C17H16O7. The van der Waals surface area contributed by atoms with Crippen LogP contribution in [0.4, 0.5) is 0 Å². The third-order valence-electron chi connectivity index (χ3n) is 3.62. The molecule has 0 fully saturated rings. The molecule has 0 spiro atoms. The Hall–Kier alpha value is -3.22. The molecule has 0 radical (unpaired) electrons. The van der Waals surface area contributed by atoms with Crippen LogP contribution in [0.2, 0.25) is 0 Å². The molecule has 0 unspecified atom stereocenters. The van der Waals surface area contributed by atoms with Gasteiger partial charge in [0.05, 0.1) is 5.56 Å². The van der Waals surface area contributed by atoms with E-state index >= 15 is 0 Å². The van der Waals surface area contributed by atoms with Gasteiger partial charge in [-0.05, 0) is 43.2 Å². The zero-order valence-corrected chi connectivity index (χ0v) is 13.0. The van der Waals surface area contributed by atoms with Crippen molar-refractivity contribution < 1.29 is 34.8 Å². The number of carbonyl (C=O) groups is 2. The largest absolute Gasteiger partial charge is 0.508 e. The first kappa shape index (κ1) is 17.1. The van der Waals surface area contributed by atoms with Crippen LogP contribution >= 0.6 is 0 Å². The lowest BCUT2D eigenvalue weighted by Crippen LogP contribution is -2.09. The summed E-state index contributed by atoms with van der Waals surface area (Å²) in [6.45, 7) is 2.73. The summed E-state index contributed by atoms with van der Waals surface area (Å²) in [4.78, 5) is 23.1. The Morgan fingerprint density at radius 1 is 1.04 bits per heavy atom. The second kappa shape index (κ2) is 6.49. The maximum Gasteiger partial charge on any atom is 0.342 e. The van der Waals surface area contributed by atoms with E-state index in [4.69, 9.17) is 4.74 Å². The number of phenolic OH excluding ortho intramolecular Hbond substituents is 4. The molecule has 2 aromatic carbocycles. The van der Waals surface area contributed by atoms with Gasteiger partial charge in [-0.2, -0.15) is 0 Å². The van der Waals surface area contributed by atoms with Gasteiger partial charge in [-0.3, -0.25) is 4.79 Å². The number of aldehydes is 1. The quantitative estimate of drug-likeness (QED) is 0.500. The van der Waals surface area contributed by atoms with Crippen molar-refractivity contribution in [1.82, 2.24) is 0 Å². The molecule has 0 saturated heterocycles. The van der Waals surface area contributed by atoms with Crippen LogP contribution in [0.1, 0.15) is 37.4 Å². The molecule has 0 saturated carbocycles. The van der Waals surface area contributed by atoms with E-state index in [9.17, 15) is 30.0 Å². The van der Waals surface area contributed by atoms with Crippen LogP contribution in [0.5, 0.6) is 23.0 Å². The number of ether oxygens (including phenoxy) is 1. The predicted molar refractivity (Wildman–Crippen MR) is 83.5 cm³/mol. The first-order valence-electron chi connectivity index (χ1n) is 6.95. The molecule has 7 heteroatoms.